The van der Waals surface area contributed by atoms with Crippen molar-refractivity contribution in [2.75, 3.05) is 0 Å². The van der Waals surface area contributed by atoms with E-state index >= 15 is 0 Å². The average molecular weight is 261 g/mol. The molecule has 0 amide bonds. The van der Waals surface area contributed by atoms with Crippen LogP contribution in [0.5, 0.6) is 0 Å². The van der Waals surface area contributed by atoms with Gasteiger partial charge in [0.2, 0.25) is 0 Å². The maximum Gasteiger partial charge on any atom is 0.255 e. The van der Waals surface area contributed by atoms with Crippen molar-refractivity contribution in [3.05, 3.63) is 27.2 Å². The van der Waals surface area contributed by atoms with Crippen molar-refractivity contribution in [1.82, 2.24) is 15.2 Å². The topological polar surface area (TPSA) is 81.8 Å². The minimum atomic E-state index is -0.207. The third-order valence-electron chi connectivity index (χ3n) is 4.22. The summed E-state index contributed by atoms with van der Waals surface area (Å²) in [7, 11) is 0. The zero-order chi connectivity index (χ0) is 13.4. The first kappa shape index (κ1) is 12.4. The molecule has 0 radical (unpaired) electrons. The van der Waals surface area contributed by atoms with Crippen LogP contribution in [-0.4, -0.2) is 20.3 Å². The van der Waals surface area contributed by atoms with Crippen molar-refractivity contribution in [3.63, 3.8) is 0 Å². The molecule has 3 rings (SSSR count). The third-order valence-corrected chi connectivity index (χ3v) is 4.22. The van der Waals surface area contributed by atoms with E-state index in [9.17, 15) is 9.90 Å². The quantitative estimate of drug-likeness (QED) is 0.774. The predicted octanol–water partition coefficient (Wildman–Crippen LogP) is 2.10. The van der Waals surface area contributed by atoms with Crippen LogP contribution in [0.1, 0.15) is 54.8 Å². The monoisotopic (exact) mass is 261 g/mol. The van der Waals surface area contributed by atoms with Gasteiger partial charge in [0, 0.05) is 16.6 Å². The maximum atomic E-state index is 12.1. The van der Waals surface area contributed by atoms with Gasteiger partial charge in [0.25, 0.3) is 5.56 Å². The summed E-state index contributed by atoms with van der Waals surface area (Å²) in [5.41, 5.74) is 2.90. The second-order valence-electron chi connectivity index (χ2n) is 5.41. The van der Waals surface area contributed by atoms with E-state index in [4.69, 9.17) is 0 Å². The molecule has 2 aromatic heterocycles. The highest BCUT2D eigenvalue weighted by atomic mass is 16.3. The third kappa shape index (κ3) is 1.98. The number of aromatic amines is 2. The Balaban J connectivity index is 2.28. The number of aromatic nitrogens is 3. The molecule has 0 aliphatic heterocycles. The molecule has 0 atom stereocenters. The van der Waals surface area contributed by atoms with Crippen molar-refractivity contribution >= 4 is 11.0 Å². The Bertz CT molecular complexity index is 650. The van der Waals surface area contributed by atoms with Crippen LogP contribution in [0, 0.1) is 6.92 Å². The number of rotatable bonds is 2. The molecule has 0 aromatic carbocycles. The van der Waals surface area contributed by atoms with Crippen molar-refractivity contribution in [2.24, 2.45) is 0 Å². The van der Waals surface area contributed by atoms with Gasteiger partial charge in [-0.25, -0.2) is 0 Å². The van der Waals surface area contributed by atoms with Crippen LogP contribution < -0.4 is 5.56 Å². The fourth-order valence-corrected chi connectivity index (χ4v) is 3.30. The van der Waals surface area contributed by atoms with E-state index in [2.05, 4.69) is 15.2 Å². The van der Waals surface area contributed by atoms with Crippen molar-refractivity contribution in [3.8, 4) is 0 Å². The highest BCUT2D eigenvalue weighted by molar-refractivity contribution is 5.83. The summed E-state index contributed by atoms with van der Waals surface area (Å²) < 4.78 is 0. The van der Waals surface area contributed by atoms with Crippen LogP contribution in [0.3, 0.4) is 0 Å². The Labute approximate surface area is 111 Å². The molecular formula is C14H19N3O2. The number of aliphatic hydroxyl groups is 1. The molecule has 2 aromatic rings. The van der Waals surface area contributed by atoms with Crippen LogP contribution >= 0.6 is 0 Å². The van der Waals surface area contributed by atoms with Gasteiger partial charge in [0.05, 0.1) is 6.61 Å². The van der Waals surface area contributed by atoms with Crippen molar-refractivity contribution < 1.29 is 5.11 Å². The standard InChI is InChI=1S/C14H19N3O2/c1-8-11-12(9-5-3-2-4-6-9)10(7-18)14(19)15-13(11)17-16-8/h9,18H,2-7H2,1H3,(H2,15,16,17,19). The highest BCUT2D eigenvalue weighted by Gasteiger charge is 2.24. The first-order chi connectivity index (χ1) is 9.22. The van der Waals surface area contributed by atoms with Crippen LogP contribution in [-0.2, 0) is 6.61 Å². The largest absolute Gasteiger partial charge is 0.391 e. The Kier molecular flexibility index (Phi) is 3.14. The SMILES string of the molecule is Cc1[nH]nc2[nH]c(=O)c(CO)c(C3CCCCC3)c12. The molecule has 3 N–H and O–H groups in total. The van der Waals surface area contributed by atoms with Gasteiger partial charge in [-0.15, -0.1) is 0 Å². The van der Waals surface area contributed by atoms with Gasteiger partial charge in [0.15, 0.2) is 5.65 Å². The van der Waals surface area contributed by atoms with E-state index in [0.29, 0.717) is 17.1 Å². The molecule has 0 saturated heterocycles. The number of nitrogens with zero attached hydrogens (tertiary/aromatic N) is 1. The van der Waals surface area contributed by atoms with E-state index in [1.807, 2.05) is 6.92 Å². The Morgan fingerprint density at radius 1 is 1.32 bits per heavy atom. The molecule has 5 heteroatoms. The number of aryl methyl sites for hydroxylation is 1. The lowest BCUT2D eigenvalue weighted by atomic mass is 9.81. The van der Waals surface area contributed by atoms with Crippen molar-refractivity contribution in [2.45, 2.75) is 51.6 Å². The van der Waals surface area contributed by atoms with Gasteiger partial charge >= 0.3 is 0 Å². The Morgan fingerprint density at radius 2 is 2.05 bits per heavy atom. The number of nitrogens with one attached hydrogen (secondary N) is 2. The lowest BCUT2D eigenvalue weighted by Crippen LogP contribution is -2.19. The molecule has 1 fully saturated rings. The zero-order valence-corrected chi connectivity index (χ0v) is 11.1. The van der Waals surface area contributed by atoms with Gasteiger partial charge in [0.1, 0.15) is 0 Å². The molecule has 0 spiro atoms. The van der Waals surface area contributed by atoms with Gasteiger partial charge in [-0.2, -0.15) is 5.10 Å². The summed E-state index contributed by atoms with van der Waals surface area (Å²) in [6.45, 7) is 1.75. The maximum absolute atomic E-state index is 12.1. The molecule has 5 nitrogen and oxygen atoms in total. The zero-order valence-electron chi connectivity index (χ0n) is 11.1. The Morgan fingerprint density at radius 3 is 2.74 bits per heavy atom. The second-order valence-corrected chi connectivity index (χ2v) is 5.41. The molecular weight excluding hydrogens is 242 g/mol. The first-order valence-corrected chi connectivity index (χ1v) is 6.93. The number of H-pyrrole nitrogens is 2. The molecule has 1 saturated carbocycles. The lowest BCUT2D eigenvalue weighted by molar-refractivity contribution is 0.277. The molecule has 1 aliphatic rings. The van der Waals surface area contributed by atoms with Crippen LogP contribution in [0.25, 0.3) is 11.0 Å². The molecule has 102 valence electrons. The highest BCUT2D eigenvalue weighted by Crippen LogP contribution is 2.37. The van der Waals surface area contributed by atoms with Crippen LogP contribution in [0.15, 0.2) is 4.79 Å². The minimum Gasteiger partial charge on any atom is -0.391 e. The number of fused-ring (bicyclic) bond motifs is 1. The number of hydrogen-bond donors (Lipinski definition) is 3. The van der Waals surface area contributed by atoms with Crippen molar-refractivity contribution in [1.29, 1.82) is 0 Å². The predicted molar refractivity (Wildman–Crippen MR) is 73.2 cm³/mol. The summed E-state index contributed by atoms with van der Waals surface area (Å²) in [5, 5.41) is 17.6. The molecule has 2 heterocycles. The fourth-order valence-electron chi connectivity index (χ4n) is 3.30. The van der Waals surface area contributed by atoms with E-state index in [1.54, 1.807) is 0 Å². The summed E-state index contributed by atoms with van der Waals surface area (Å²) in [6, 6.07) is 0. The summed E-state index contributed by atoms with van der Waals surface area (Å²) in [5.74, 6) is 0.372. The minimum absolute atomic E-state index is 0.206. The van der Waals surface area contributed by atoms with Crippen LogP contribution in [0.2, 0.25) is 0 Å². The van der Waals surface area contributed by atoms with E-state index in [0.717, 1.165) is 29.5 Å². The Hall–Kier alpha value is -1.62. The average Bonchev–Trinajstić information content (AvgIpc) is 2.79. The van der Waals surface area contributed by atoms with E-state index < -0.39 is 0 Å². The number of pyridine rings is 1. The van der Waals surface area contributed by atoms with E-state index in [1.165, 1.54) is 19.3 Å². The lowest BCUT2D eigenvalue weighted by Gasteiger charge is -2.24. The van der Waals surface area contributed by atoms with Gasteiger partial charge in [-0.3, -0.25) is 9.89 Å². The van der Waals surface area contributed by atoms with Gasteiger partial charge in [-0.05, 0) is 31.2 Å². The normalized spacial score (nSPS) is 17.2. The molecule has 19 heavy (non-hydrogen) atoms. The van der Waals surface area contributed by atoms with Gasteiger partial charge in [-0.1, -0.05) is 19.3 Å². The molecule has 1 aliphatic carbocycles. The smallest absolute Gasteiger partial charge is 0.255 e. The molecule has 0 unspecified atom stereocenters. The summed E-state index contributed by atoms with van der Waals surface area (Å²) >= 11 is 0. The number of aliphatic hydroxyl groups excluding tert-OH is 1. The molecule has 0 bridgehead atoms. The van der Waals surface area contributed by atoms with E-state index in [-0.39, 0.29) is 12.2 Å². The first-order valence-electron chi connectivity index (χ1n) is 6.93. The second kappa shape index (κ2) is 4.81. The fraction of sp³-hybridized carbons (Fsp3) is 0.571. The summed E-state index contributed by atoms with van der Waals surface area (Å²) in [4.78, 5) is 14.8. The van der Waals surface area contributed by atoms with Gasteiger partial charge < -0.3 is 10.1 Å². The summed E-state index contributed by atoms with van der Waals surface area (Å²) in [6.07, 6.45) is 5.84. The van der Waals surface area contributed by atoms with Crippen LogP contribution in [0.4, 0.5) is 0 Å². The number of hydrogen-bond acceptors (Lipinski definition) is 3.